The van der Waals surface area contributed by atoms with Gasteiger partial charge in [-0.3, -0.25) is 9.78 Å². The first-order valence-electron chi connectivity index (χ1n) is 7.66. The third-order valence-corrected chi connectivity index (χ3v) is 5.69. The van der Waals surface area contributed by atoms with Crippen molar-refractivity contribution in [2.45, 2.75) is 50.7 Å². The van der Waals surface area contributed by atoms with E-state index in [4.69, 9.17) is 4.98 Å². The van der Waals surface area contributed by atoms with E-state index in [-0.39, 0.29) is 5.91 Å². The topological polar surface area (TPSA) is 59.1 Å². The number of aromatic nitrogens is 1. The molecule has 116 valence electrons. The van der Waals surface area contributed by atoms with Gasteiger partial charge >= 0.3 is 0 Å². The molecule has 1 aromatic heterocycles. The summed E-state index contributed by atoms with van der Waals surface area (Å²) in [7, 11) is -2.51. The van der Waals surface area contributed by atoms with Gasteiger partial charge in [0.15, 0.2) is 0 Å². The Balaban J connectivity index is 2.28. The Morgan fingerprint density at radius 1 is 1.29 bits per heavy atom. The second-order valence-electron chi connectivity index (χ2n) is 6.36. The number of carbonyl (C=O) groups is 1. The summed E-state index contributed by atoms with van der Waals surface area (Å²) in [6.07, 6.45) is 6.18. The molecule has 0 bridgehead atoms. The predicted octanol–water partition coefficient (Wildman–Crippen LogP) is 3.89. The third kappa shape index (κ3) is 4.41. The van der Waals surface area contributed by atoms with Gasteiger partial charge in [0.05, 0.1) is 5.69 Å². The minimum absolute atomic E-state index is 0.172. The van der Waals surface area contributed by atoms with Gasteiger partial charge in [-0.15, -0.1) is 0 Å². The van der Waals surface area contributed by atoms with Crippen LogP contribution in [0.25, 0.3) is 0 Å². The number of hydrogen-bond acceptors (Lipinski definition) is 3. The maximum Gasteiger partial charge on any atom is 0.217 e. The van der Waals surface area contributed by atoms with E-state index < -0.39 is 12.9 Å². The van der Waals surface area contributed by atoms with E-state index in [0.717, 1.165) is 11.4 Å². The summed E-state index contributed by atoms with van der Waals surface area (Å²) in [5.41, 5.74) is 1.80. The van der Waals surface area contributed by atoms with Crippen molar-refractivity contribution in [3.8, 4) is 0 Å². The Morgan fingerprint density at radius 2 is 1.95 bits per heavy atom. The molecule has 1 N–H and O–H groups in total. The quantitative estimate of drug-likeness (QED) is 0.859. The summed E-state index contributed by atoms with van der Waals surface area (Å²) in [5, 5.41) is 2.80. The summed E-state index contributed by atoms with van der Waals surface area (Å²) in [6, 6.07) is 5.89. The van der Waals surface area contributed by atoms with Crippen molar-refractivity contribution in [1.82, 2.24) is 10.3 Å². The van der Waals surface area contributed by atoms with Crippen molar-refractivity contribution < 1.29 is 9.36 Å². The van der Waals surface area contributed by atoms with Gasteiger partial charge in [0.2, 0.25) is 5.91 Å². The van der Waals surface area contributed by atoms with Crippen LogP contribution in [0.4, 0.5) is 0 Å². The van der Waals surface area contributed by atoms with Gasteiger partial charge in [-0.05, 0) is 38.3 Å². The minimum Gasteiger partial charge on any atom is -0.341 e. The van der Waals surface area contributed by atoms with Crippen LogP contribution < -0.4 is 5.32 Å². The number of hydrogen-bond donors (Lipinski definition) is 1. The summed E-state index contributed by atoms with van der Waals surface area (Å²) in [4.78, 5) is 16.1. The standard InChI is InChI=1S/C16H25N2O2P/c1-12(19)17-16(21(2,3)20)15-11-7-10-14(18-15)13-8-5-4-6-9-13/h7,10-11,13,16H,4-6,8-9H2,1-3H3,(H,17,19). The fourth-order valence-corrected chi connectivity index (χ4v) is 4.26. The number of nitrogens with one attached hydrogen (secondary N) is 1. The summed E-state index contributed by atoms with van der Waals surface area (Å²) < 4.78 is 12.5. The molecular weight excluding hydrogens is 283 g/mol. The first-order valence-corrected chi connectivity index (χ1v) is 10.3. The van der Waals surface area contributed by atoms with Gasteiger partial charge < -0.3 is 9.88 Å². The van der Waals surface area contributed by atoms with Crippen LogP contribution in [-0.4, -0.2) is 24.2 Å². The fraction of sp³-hybridized carbons (Fsp3) is 0.625. The molecule has 4 nitrogen and oxygen atoms in total. The van der Waals surface area contributed by atoms with Crippen LogP contribution in [0.15, 0.2) is 18.2 Å². The van der Waals surface area contributed by atoms with E-state index >= 15 is 0 Å². The molecule has 0 aromatic carbocycles. The Bertz CT molecular complexity index is 547. The second-order valence-corrected chi connectivity index (χ2v) is 9.74. The lowest BCUT2D eigenvalue weighted by molar-refractivity contribution is -0.119. The Labute approximate surface area is 127 Å². The Hall–Kier alpha value is -1.15. The Kier molecular flexibility index (Phi) is 5.21. The van der Waals surface area contributed by atoms with Crippen LogP contribution in [0.5, 0.6) is 0 Å². The molecule has 1 amide bonds. The normalized spacial score (nSPS) is 18.2. The SMILES string of the molecule is CC(=O)NC(c1cccc(C2CCCCC2)n1)P(C)(C)=O. The summed E-state index contributed by atoms with van der Waals surface area (Å²) in [6.45, 7) is 4.85. The highest BCUT2D eigenvalue weighted by molar-refractivity contribution is 7.62. The molecule has 1 aromatic rings. The molecule has 1 aliphatic rings. The molecule has 1 heterocycles. The second kappa shape index (κ2) is 6.74. The van der Waals surface area contributed by atoms with Crippen molar-refractivity contribution in [3.63, 3.8) is 0 Å². The van der Waals surface area contributed by atoms with Crippen LogP contribution >= 0.6 is 7.14 Å². The van der Waals surface area contributed by atoms with Crippen LogP contribution in [0.1, 0.15) is 62.1 Å². The number of nitrogens with zero attached hydrogens (tertiary/aromatic N) is 1. The highest BCUT2D eigenvalue weighted by Crippen LogP contribution is 2.50. The van der Waals surface area contributed by atoms with E-state index in [2.05, 4.69) is 11.4 Å². The number of amides is 1. The van der Waals surface area contributed by atoms with Crippen LogP contribution in [0.2, 0.25) is 0 Å². The van der Waals surface area contributed by atoms with Crippen molar-refractivity contribution in [3.05, 3.63) is 29.6 Å². The molecule has 1 aliphatic carbocycles. The van der Waals surface area contributed by atoms with Gasteiger partial charge in [-0.1, -0.05) is 25.3 Å². The van der Waals surface area contributed by atoms with Crippen molar-refractivity contribution in [2.24, 2.45) is 0 Å². The van der Waals surface area contributed by atoms with E-state index in [1.807, 2.05) is 12.1 Å². The molecule has 0 saturated heterocycles. The van der Waals surface area contributed by atoms with Gasteiger partial charge in [0.1, 0.15) is 12.9 Å². The molecular formula is C16H25N2O2P. The Morgan fingerprint density at radius 3 is 2.52 bits per heavy atom. The smallest absolute Gasteiger partial charge is 0.217 e. The molecule has 21 heavy (non-hydrogen) atoms. The number of carbonyl (C=O) groups excluding carboxylic acids is 1. The van der Waals surface area contributed by atoms with E-state index in [1.165, 1.54) is 39.0 Å². The minimum atomic E-state index is -2.51. The largest absolute Gasteiger partial charge is 0.341 e. The summed E-state index contributed by atoms with van der Waals surface area (Å²) >= 11 is 0. The fourth-order valence-electron chi connectivity index (χ4n) is 2.99. The zero-order valence-electron chi connectivity index (χ0n) is 13.1. The highest BCUT2D eigenvalue weighted by atomic mass is 31.2. The maximum absolute atomic E-state index is 12.5. The molecule has 1 saturated carbocycles. The zero-order valence-corrected chi connectivity index (χ0v) is 14.0. The first-order chi connectivity index (χ1) is 9.88. The van der Waals surface area contributed by atoms with Gasteiger partial charge in [0, 0.05) is 18.5 Å². The average Bonchev–Trinajstić information content (AvgIpc) is 2.44. The van der Waals surface area contributed by atoms with Crippen molar-refractivity contribution in [2.75, 3.05) is 13.3 Å². The summed E-state index contributed by atoms with van der Waals surface area (Å²) in [5.74, 6) is -0.155. The molecule has 0 radical (unpaired) electrons. The van der Waals surface area contributed by atoms with E-state index in [0.29, 0.717) is 5.92 Å². The van der Waals surface area contributed by atoms with Crippen LogP contribution in [0, 0.1) is 0 Å². The van der Waals surface area contributed by atoms with Crippen molar-refractivity contribution >= 4 is 13.0 Å². The average molecular weight is 308 g/mol. The molecule has 1 atom stereocenters. The predicted molar refractivity (Wildman–Crippen MR) is 86.1 cm³/mol. The molecule has 5 heteroatoms. The number of pyridine rings is 1. The zero-order chi connectivity index (χ0) is 15.5. The van der Waals surface area contributed by atoms with Crippen molar-refractivity contribution in [1.29, 1.82) is 0 Å². The highest BCUT2D eigenvalue weighted by Gasteiger charge is 2.28. The van der Waals surface area contributed by atoms with Gasteiger partial charge in [-0.25, -0.2) is 0 Å². The molecule has 1 fully saturated rings. The lowest BCUT2D eigenvalue weighted by Gasteiger charge is -2.25. The molecule has 0 spiro atoms. The van der Waals surface area contributed by atoms with Crippen LogP contribution in [0.3, 0.4) is 0 Å². The molecule has 1 unspecified atom stereocenters. The van der Waals surface area contributed by atoms with Gasteiger partial charge in [-0.2, -0.15) is 0 Å². The van der Waals surface area contributed by atoms with Crippen LogP contribution in [-0.2, 0) is 9.36 Å². The molecule has 2 rings (SSSR count). The van der Waals surface area contributed by atoms with E-state index in [1.54, 1.807) is 13.3 Å². The van der Waals surface area contributed by atoms with Gasteiger partial charge in [0.25, 0.3) is 0 Å². The number of rotatable bonds is 4. The third-order valence-electron chi connectivity index (χ3n) is 4.06. The van der Waals surface area contributed by atoms with E-state index in [9.17, 15) is 9.36 Å². The molecule has 0 aliphatic heterocycles. The first kappa shape index (κ1) is 16.2. The lowest BCUT2D eigenvalue weighted by Crippen LogP contribution is -2.27. The maximum atomic E-state index is 12.5. The lowest BCUT2D eigenvalue weighted by atomic mass is 9.86. The monoisotopic (exact) mass is 308 g/mol.